The average molecular weight is 309 g/mol. The molecule has 2 amide bonds. The molecule has 124 valence electrons. The highest BCUT2D eigenvalue weighted by molar-refractivity contribution is 5.82. The van der Waals surface area contributed by atoms with Gasteiger partial charge >= 0.3 is 0 Å². The maximum absolute atomic E-state index is 12.3. The Kier molecular flexibility index (Phi) is 4.41. The number of hydrogen-bond donors (Lipinski definition) is 1. The van der Waals surface area contributed by atoms with Gasteiger partial charge in [0.05, 0.1) is 19.7 Å². The fourth-order valence-electron chi connectivity index (χ4n) is 4.04. The summed E-state index contributed by atoms with van der Waals surface area (Å²) in [5, 5.41) is 2.67. The average Bonchev–Trinajstić information content (AvgIpc) is 2.96. The zero-order valence-corrected chi connectivity index (χ0v) is 13.6. The van der Waals surface area contributed by atoms with Crippen molar-refractivity contribution in [2.45, 2.75) is 43.7 Å². The van der Waals surface area contributed by atoms with Crippen molar-refractivity contribution in [1.29, 1.82) is 0 Å². The number of ether oxygens (including phenoxy) is 1. The molecule has 1 spiro atoms. The van der Waals surface area contributed by atoms with E-state index in [4.69, 9.17) is 4.74 Å². The topological polar surface area (TPSA) is 61.9 Å². The van der Waals surface area contributed by atoms with Gasteiger partial charge in [-0.15, -0.1) is 0 Å². The van der Waals surface area contributed by atoms with E-state index < -0.39 is 0 Å². The minimum atomic E-state index is -0.259. The molecule has 0 aromatic carbocycles. The molecule has 0 aromatic rings. The molecule has 6 nitrogen and oxygen atoms in total. The maximum Gasteiger partial charge on any atom is 0.239 e. The third-order valence-electron chi connectivity index (χ3n) is 5.41. The van der Waals surface area contributed by atoms with Gasteiger partial charge in [0.2, 0.25) is 11.8 Å². The summed E-state index contributed by atoms with van der Waals surface area (Å²) >= 11 is 0. The monoisotopic (exact) mass is 309 g/mol. The molecule has 2 saturated heterocycles. The van der Waals surface area contributed by atoms with E-state index in [2.05, 4.69) is 5.32 Å². The summed E-state index contributed by atoms with van der Waals surface area (Å²) in [6.07, 6.45) is 5.66. The lowest BCUT2D eigenvalue weighted by Gasteiger charge is -2.54. The summed E-state index contributed by atoms with van der Waals surface area (Å²) in [6.45, 7) is 2.45. The van der Waals surface area contributed by atoms with Crippen LogP contribution in [0, 0.1) is 5.92 Å². The van der Waals surface area contributed by atoms with Crippen molar-refractivity contribution in [1.82, 2.24) is 15.1 Å². The molecule has 1 atom stereocenters. The van der Waals surface area contributed by atoms with Crippen LogP contribution < -0.4 is 5.32 Å². The zero-order chi connectivity index (χ0) is 15.7. The lowest BCUT2D eigenvalue weighted by atomic mass is 9.89. The molecule has 1 aliphatic carbocycles. The lowest BCUT2D eigenvalue weighted by Crippen LogP contribution is -2.73. The minimum Gasteiger partial charge on any atom is -0.368 e. The first-order valence-corrected chi connectivity index (χ1v) is 8.36. The van der Waals surface area contributed by atoms with Gasteiger partial charge in [0.1, 0.15) is 11.6 Å². The van der Waals surface area contributed by atoms with Crippen LogP contribution >= 0.6 is 0 Å². The smallest absolute Gasteiger partial charge is 0.239 e. The van der Waals surface area contributed by atoms with Gasteiger partial charge in [-0.2, -0.15) is 0 Å². The number of rotatable bonds is 3. The first-order valence-electron chi connectivity index (χ1n) is 8.36. The molecule has 0 radical (unpaired) electrons. The standard InChI is InChI=1S/C16H27N3O3/c1-17-15(21)13-8-22-16(9-18(13)2)10-19(11-16)14(20)7-12-5-3-4-6-12/h12-13H,3-11H2,1-2H3,(H,17,21)/t13-/m0/s1. The highest BCUT2D eigenvalue weighted by atomic mass is 16.5. The van der Waals surface area contributed by atoms with Crippen LogP contribution in [0.15, 0.2) is 0 Å². The van der Waals surface area contributed by atoms with Crippen LogP contribution in [0.3, 0.4) is 0 Å². The number of hydrogen-bond acceptors (Lipinski definition) is 4. The van der Waals surface area contributed by atoms with Gasteiger partial charge in [-0.1, -0.05) is 12.8 Å². The van der Waals surface area contributed by atoms with Crippen molar-refractivity contribution in [2.75, 3.05) is 40.3 Å². The molecule has 2 aliphatic heterocycles. The van der Waals surface area contributed by atoms with Crippen LogP contribution in [0.1, 0.15) is 32.1 Å². The Hall–Kier alpha value is -1.14. The predicted molar refractivity (Wildman–Crippen MR) is 82.3 cm³/mol. The Labute approximate surface area is 132 Å². The molecule has 6 heteroatoms. The number of carbonyl (C=O) groups is 2. The number of morpholine rings is 1. The van der Waals surface area contributed by atoms with E-state index >= 15 is 0 Å². The quantitative estimate of drug-likeness (QED) is 0.810. The fraction of sp³-hybridized carbons (Fsp3) is 0.875. The molecular formula is C16H27N3O3. The number of nitrogens with zero attached hydrogens (tertiary/aromatic N) is 2. The Morgan fingerprint density at radius 3 is 2.50 bits per heavy atom. The SMILES string of the molecule is CNC(=O)[C@@H]1COC2(CN(C(=O)CC3CCCC3)C2)CN1C. The van der Waals surface area contributed by atoms with E-state index in [0.29, 0.717) is 38.6 Å². The molecule has 0 bridgehead atoms. The highest BCUT2D eigenvalue weighted by Gasteiger charge is 2.51. The van der Waals surface area contributed by atoms with Crippen molar-refractivity contribution < 1.29 is 14.3 Å². The molecule has 3 fully saturated rings. The van der Waals surface area contributed by atoms with E-state index in [1.165, 1.54) is 25.7 Å². The van der Waals surface area contributed by atoms with Crippen molar-refractivity contribution >= 4 is 11.8 Å². The summed E-state index contributed by atoms with van der Waals surface area (Å²) in [5.41, 5.74) is -0.259. The van der Waals surface area contributed by atoms with Gasteiger partial charge in [-0.25, -0.2) is 0 Å². The largest absolute Gasteiger partial charge is 0.368 e. The van der Waals surface area contributed by atoms with Crippen molar-refractivity contribution in [3.63, 3.8) is 0 Å². The molecule has 3 aliphatic rings. The van der Waals surface area contributed by atoms with E-state index in [1.54, 1.807) is 7.05 Å². The summed E-state index contributed by atoms with van der Waals surface area (Å²) in [6, 6.07) is -0.223. The van der Waals surface area contributed by atoms with Crippen molar-refractivity contribution in [3.8, 4) is 0 Å². The zero-order valence-electron chi connectivity index (χ0n) is 13.6. The third kappa shape index (κ3) is 2.99. The van der Waals surface area contributed by atoms with Crippen molar-refractivity contribution in [2.24, 2.45) is 5.92 Å². The summed E-state index contributed by atoms with van der Waals surface area (Å²) in [4.78, 5) is 28.0. The van der Waals surface area contributed by atoms with E-state index in [0.717, 1.165) is 0 Å². The first kappa shape index (κ1) is 15.7. The van der Waals surface area contributed by atoms with Crippen LogP contribution in [-0.2, 0) is 14.3 Å². The van der Waals surface area contributed by atoms with Gasteiger partial charge in [0.25, 0.3) is 0 Å². The Morgan fingerprint density at radius 1 is 1.23 bits per heavy atom. The Balaban J connectivity index is 1.48. The molecule has 0 aromatic heterocycles. The van der Waals surface area contributed by atoms with Gasteiger partial charge in [0.15, 0.2) is 0 Å². The van der Waals surface area contributed by atoms with Crippen LogP contribution in [0.5, 0.6) is 0 Å². The number of likely N-dealkylation sites (N-methyl/N-ethyl adjacent to an activating group) is 2. The van der Waals surface area contributed by atoms with Crippen LogP contribution in [0.25, 0.3) is 0 Å². The molecule has 22 heavy (non-hydrogen) atoms. The number of nitrogens with one attached hydrogen (secondary N) is 1. The van der Waals surface area contributed by atoms with Gasteiger partial charge in [-0.3, -0.25) is 14.5 Å². The maximum atomic E-state index is 12.3. The number of amides is 2. The Morgan fingerprint density at radius 2 is 1.91 bits per heavy atom. The van der Waals surface area contributed by atoms with E-state index in [1.807, 2.05) is 16.8 Å². The molecule has 1 N–H and O–H groups in total. The van der Waals surface area contributed by atoms with Crippen LogP contribution in [-0.4, -0.2) is 73.6 Å². The number of carbonyl (C=O) groups excluding carboxylic acids is 2. The van der Waals surface area contributed by atoms with E-state index in [-0.39, 0.29) is 23.5 Å². The summed E-state index contributed by atoms with van der Waals surface area (Å²) in [7, 11) is 3.60. The molecule has 3 rings (SSSR count). The Bertz CT molecular complexity index is 442. The molecular weight excluding hydrogens is 282 g/mol. The molecule has 1 saturated carbocycles. The third-order valence-corrected chi connectivity index (χ3v) is 5.41. The normalized spacial score (nSPS) is 28.6. The van der Waals surface area contributed by atoms with Gasteiger partial charge in [0, 0.05) is 20.0 Å². The fourth-order valence-corrected chi connectivity index (χ4v) is 4.04. The second-order valence-electron chi connectivity index (χ2n) is 7.14. The van der Waals surface area contributed by atoms with Gasteiger partial charge in [-0.05, 0) is 25.8 Å². The van der Waals surface area contributed by atoms with Gasteiger partial charge < -0.3 is 15.0 Å². The highest BCUT2D eigenvalue weighted by Crippen LogP contribution is 2.33. The predicted octanol–water partition coefficient (Wildman–Crippen LogP) is 0.224. The summed E-state index contributed by atoms with van der Waals surface area (Å²) in [5.74, 6) is 0.861. The molecule has 0 unspecified atom stereocenters. The second kappa shape index (κ2) is 6.16. The van der Waals surface area contributed by atoms with Crippen LogP contribution in [0.4, 0.5) is 0 Å². The summed E-state index contributed by atoms with van der Waals surface area (Å²) < 4.78 is 5.96. The van der Waals surface area contributed by atoms with E-state index in [9.17, 15) is 9.59 Å². The first-order chi connectivity index (χ1) is 10.5. The molecule has 2 heterocycles. The van der Waals surface area contributed by atoms with Crippen molar-refractivity contribution in [3.05, 3.63) is 0 Å². The lowest BCUT2D eigenvalue weighted by molar-refractivity contribution is -0.201. The van der Waals surface area contributed by atoms with Crippen LogP contribution in [0.2, 0.25) is 0 Å². The minimum absolute atomic E-state index is 0.00848. The second-order valence-corrected chi connectivity index (χ2v) is 7.14. The number of likely N-dealkylation sites (tertiary alicyclic amines) is 1.